The van der Waals surface area contributed by atoms with Crippen LogP contribution in [0.1, 0.15) is 32.7 Å². The standard InChI is InChI=1S/C12H18BrN3O2/c1-8(2)16-12(17)11(13)10(7-15-16)14-6-9-4-3-5-18-9/h7-9,14H,3-6H2,1-2H3. The molecule has 1 aliphatic rings. The van der Waals surface area contributed by atoms with Crippen LogP contribution in [0.4, 0.5) is 5.69 Å². The average Bonchev–Trinajstić information content (AvgIpc) is 2.83. The summed E-state index contributed by atoms with van der Waals surface area (Å²) in [7, 11) is 0. The fourth-order valence-electron chi connectivity index (χ4n) is 1.97. The number of ether oxygens (including phenoxy) is 1. The molecule has 0 spiro atoms. The molecule has 1 saturated heterocycles. The number of rotatable bonds is 4. The molecule has 2 heterocycles. The van der Waals surface area contributed by atoms with Crippen LogP contribution < -0.4 is 10.9 Å². The van der Waals surface area contributed by atoms with E-state index in [0.29, 0.717) is 11.0 Å². The van der Waals surface area contributed by atoms with Crippen molar-refractivity contribution in [2.24, 2.45) is 0 Å². The molecule has 0 amide bonds. The zero-order valence-electron chi connectivity index (χ0n) is 10.6. The molecule has 1 aromatic heterocycles. The number of aromatic nitrogens is 2. The van der Waals surface area contributed by atoms with Crippen molar-refractivity contribution < 1.29 is 4.74 Å². The molecule has 18 heavy (non-hydrogen) atoms. The summed E-state index contributed by atoms with van der Waals surface area (Å²) in [5.41, 5.74) is 0.620. The van der Waals surface area contributed by atoms with Gasteiger partial charge in [0, 0.05) is 13.2 Å². The summed E-state index contributed by atoms with van der Waals surface area (Å²) in [5, 5.41) is 7.37. The third-order valence-electron chi connectivity index (χ3n) is 2.98. The van der Waals surface area contributed by atoms with Gasteiger partial charge in [-0.1, -0.05) is 0 Å². The molecule has 0 radical (unpaired) electrons. The van der Waals surface area contributed by atoms with Crippen LogP contribution in [-0.2, 0) is 4.74 Å². The smallest absolute Gasteiger partial charge is 0.283 e. The molecule has 0 bridgehead atoms. The van der Waals surface area contributed by atoms with Crippen molar-refractivity contribution in [3.05, 3.63) is 21.0 Å². The Morgan fingerprint density at radius 2 is 2.44 bits per heavy atom. The first-order valence-electron chi connectivity index (χ1n) is 6.22. The van der Waals surface area contributed by atoms with Gasteiger partial charge in [-0.05, 0) is 42.6 Å². The van der Waals surface area contributed by atoms with Gasteiger partial charge in [0.25, 0.3) is 5.56 Å². The summed E-state index contributed by atoms with van der Waals surface area (Å²) in [5.74, 6) is 0. The first-order chi connectivity index (χ1) is 8.59. The van der Waals surface area contributed by atoms with Crippen molar-refractivity contribution in [2.75, 3.05) is 18.5 Å². The lowest BCUT2D eigenvalue weighted by molar-refractivity contribution is 0.120. The normalized spacial score (nSPS) is 19.4. The molecule has 1 aliphatic heterocycles. The van der Waals surface area contributed by atoms with E-state index >= 15 is 0 Å². The Labute approximate surface area is 115 Å². The quantitative estimate of drug-likeness (QED) is 0.925. The van der Waals surface area contributed by atoms with Crippen LogP contribution in [0.5, 0.6) is 0 Å². The number of hydrogen-bond donors (Lipinski definition) is 1. The highest BCUT2D eigenvalue weighted by atomic mass is 79.9. The summed E-state index contributed by atoms with van der Waals surface area (Å²) in [6, 6.07) is 0.0565. The maximum absolute atomic E-state index is 12.0. The van der Waals surface area contributed by atoms with E-state index in [1.165, 1.54) is 4.68 Å². The van der Waals surface area contributed by atoms with Crippen LogP contribution in [0.3, 0.4) is 0 Å². The number of nitrogens with one attached hydrogen (secondary N) is 1. The maximum Gasteiger partial charge on any atom is 0.283 e. The van der Waals surface area contributed by atoms with Crippen LogP contribution in [0.25, 0.3) is 0 Å². The Hall–Kier alpha value is -0.880. The first-order valence-corrected chi connectivity index (χ1v) is 7.01. The van der Waals surface area contributed by atoms with Crippen LogP contribution in [-0.4, -0.2) is 29.0 Å². The lowest BCUT2D eigenvalue weighted by Gasteiger charge is -2.14. The van der Waals surface area contributed by atoms with Gasteiger partial charge in [0.1, 0.15) is 4.47 Å². The van der Waals surface area contributed by atoms with Crippen LogP contribution >= 0.6 is 15.9 Å². The Kier molecular flexibility index (Phi) is 4.40. The molecule has 2 rings (SSSR count). The summed E-state index contributed by atoms with van der Waals surface area (Å²) >= 11 is 3.33. The van der Waals surface area contributed by atoms with Crippen molar-refractivity contribution in [1.82, 2.24) is 9.78 Å². The van der Waals surface area contributed by atoms with E-state index in [-0.39, 0.29) is 17.7 Å². The largest absolute Gasteiger partial charge is 0.380 e. The van der Waals surface area contributed by atoms with Crippen molar-refractivity contribution in [2.45, 2.75) is 38.8 Å². The zero-order chi connectivity index (χ0) is 13.1. The Morgan fingerprint density at radius 3 is 3.06 bits per heavy atom. The minimum Gasteiger partial charge on any atom is -0.380 e. The number of nitrogens with zero attached hydrogens (tertiary/aromatic N) is 2. The van der Waals surface area contributed by atoms with E-state index in [4.69, 9.17) is 4.74 Å². The zero-order valence-corrected chi connectivity index (χ0v) is 12.2. The lowest BCUT2D eigenvalue weighted by atomic mass is 10.2. The SMILES string of the molecule is CC(C)n1ncc(NCC2CCCO2)c(Br)c1=O. The maximum atomic E-state index is 12.0. The number of hydrogen-bond acceptors (Lipinski definition) is 4. The van der Waals surface area contributed by atoms with Crippen LogP contribution in [0.15, 0.2) is 15.5 Å². The summed E-state index contributed by atoms with van der Waals surface area (Å²) in [4.78, 5) is 12.0. The van der Waals surface area contributed by atoms with E-state index in [1.807, 2.05) is 13.8 Å². The Bertz CT molecular complexity index is 467. The van der Waals surface area contributed by atoms with Gasteiger partial charge < -0.3 is 10.1 Å². The Morgan fingerprint density at radius 1 is 1.67 bits per heavy atom. The van der Waals surface area contributed by atoms with Crippen LogP contribution in [0.2, 0.25) is 0 Å². The molecule has 0 aromatic carbocycles. The predicted molar refractivity (Wildman–Crippen MR) is 74.0 cm³/mol. The van der Waals surface area contributed by atoms with E-state index < -0.39 is 0 Å². The van der Waals surface area contributed by atoms with Gasteiger partial charge in [0.2, 0.25) is 0 Å². The molecule has 0 aliphatic carbocycles. The highest BCUT2D eigenvalue weighted by Crippen LogP contribution is 2.19. The topological polar surface area (TPSA) is 56.1 Å². The molecule has 1 fully saturated rings. The van der Waals surface area contributed by atoms with Crippen molar-refractivity contribution in [3.63, 3.8) is 0 Å². The fraction of sp³-hybridized carbons (Fsp3) is 0.667. The van der Waals surface area contributed by atoms with E-state index in [1.54, 1.807) is 6.20 Å². The minimum atomic E-state index is -0.109. The molecule has 1 aromatic rings. The Balaban J connectivity index is 2.09. The molecule has 5 nitrogen and oxygen atoms in total. The average molecular weight is 316 g/mol. The molecule has 1 N–H and O–H groups in total. The first kappa shape index (κ1) is 13.5. The van der Waals surface area contributed by atoms with Crippen molar-refractivity contribution >= 4 is 21.6 Å². The summed E-state index contributed by atoms with van der Waals surface area (Å²) < 4.78 is 7.52. The summed E-state index contributed by atoms with van der Waals surface area (Å²) in [6.45, 7) is 5.41. The predicted octanol–water partition coefficient (Wildman–Crippen LogP) is 2.18. The highest BCUT2D eigenvalue weighted by molar-refractivity contribution is 9.10. The lowest BCUT2D eigenvalue weighted by Crippen LogP contribution is -2.27. The van der Waals surface area contributed by atoms with Gasteiger partial charge in [-0.15, -0.1) is 0 Å². The molecule has 1 unspecified atom stereocenters. The molecular formula is C12H18BrN3O2. The second-order valence-corrected chi connectivity index (χ2v) is 5.52. The van der Waals surface area contributed by atoms with Gasteiger partial charge in [-0.25, -0.2) is 4.68 Å². The number of halogens is 1. The summed E-state index contributed by atoms with van der Waals surface area (Å²) in [6.07, 6.45) is 4.10. The molecule has 1 atom stereocenters. The highest BCUT2D eigenvalue weighted by Gasteiger charge is 2.16. The van der Waals surface area contributed by atoms with Crippen molar-refractivity contribution in [1.29, 1.82) is 0 Å². The molecule has 100 valence electrons. The van der Waals surface area contributed by atoms with Crippen LogP contribution in [0, 0.1) is 0 Å². The second kappa shape index (κ2) is 5.84. The number of anilines is 1. The van der Waals surface area contributed by atoms with E-state index in [0.717, 1.165) is 25.1 Å². The molecule has 0 saturated carbocycles. The van der Waals surface area contributed by atoms with Gasteiger partial charge in [0.15, 0.2) is 0 Å². The minimum absolute atomic E-state index is 0.0565. The van der Waals surface area contributed by atoms with E-state index in [9.17, 15) is 4.79 Å². The van der Waals surface area contributed by atoms with E-state index in [2.05, 4.69) is 26.3 Å². The van der Waals surface area contributed by atoms with Gasteiger partial charge in [-0.2, -0.15) is 5.10 Å². The third-order valence-corrected chi connectivity index (χ3v) is 3.74. The van der Waals surface area contributed by atoms with Gasteiger partial charge in [-0.3, -0.25) is 4.79 Å². The second-order valence-electron chi connectivity index (χ2n) is 4.73. The monoisotopic (exact) mass is 315 g/mol. The van der Waals surface area contributed by atoms with Gasteiger partial charge in [0.05, 0.1) is 24.0 Å². The third kappa shape index (κ3) is 2.92. The fourth-order valence-corrected chi connectivity index (χ4v) is 2.39. The molecular weight excluding hydrogens is 298 g/mol. The van der Waals surface area contributed by atoms with Crippen molar-refractivity contribution in [3.8, 4) is 0 Å². The molecule has 6 heteroatoms. The van der Waals surface area contributed by atoms with Gasteiger partial charge >= 0.3 is 0 Å².